The Kier molecular flexibility index (Phi) is 4.94. The molecule has 1 aliphatic heterocycles. The largest absolute Gasteiger partial charge is 0.467 e. The lowest BCUT2D eigenvalue weighted by Gasteiger charge is -2.22. The van der Waals surface area contributed by atoms with Crippen LogP contribution < -0.4 is 0 Å². The van der Waals surface area contributed by atoms with Crippen LogP contribution in [-0.4, -0.2) is 55.9 Å². The molecule has 5 nitrogen and oxygen atoms in total. The number of esters is 1. The van der Waals surface area contributed by atoms with Crippen molar-refractivity contribution in [2.24, 2.45) is 0 Å². The second-order valence-electron chi connectivity index (χ2n) is 3.88. The van der Waals surface area contributed by atoms with Crippen molar-refractivity contribution in [2.45, 2.75) is 25.1 Å². The van der Waals surface area contributed by atoms with Crippen LogP contribution in [0.5, 0.6) is 0 Å². The normalized spacial score (nSPS) is 20.0. The van der Waals surface area contributed by atoms with Crippen LogP contribution in [0.25, 0.3) is 0 Å². The van der Waals surface area contributed by atoms with E-state index in [1.807, 2.05) is 0 Å². The molecule has 104 valence electrons. The molecule has 0 aromatic rings. The summed E-state index contributed by atoms with van der Waals surface area (Å²) < 4.78 is 44.2. The van der Waals surface area contributed by atoms with Crippen molar-refractivity contribution in [2.75, 3.05) is 26.9 Å². The number of hydrogen-bond acceptors (Lipinski definition) is 4. The zero-order valence-corrected chi connectivity index (χ0v) is 9.83. The van der Waals surface area contributed by atoms with Crippen molar-refractivity contribution in [1.82, 2.24) is 4.90 Å². The molecule has 0 N–H and O–H groups in total. The zero-order valence-electron chi connectivity index (χ0n) is 9.83. The van der Waals surface area contributed by atoms with Gasteiger partial charge in [0.05, 0.1) is 7.11 Å². The van der Waals surface area contributed by atoms with Gasteiger partial charge in [-0.2, -0.15) is 13.2 Å². The molecule has 1 amide bonds. The maximum atomic E-state index is 11.8. The number of amides is 1. The molecule has 18 heavy (non-hydrogen) atoms. The number of ether oxygens (including phenoxy) is 2. The van der Waals surface area contributed by atoms with Gasteiger partial charge in [0.2, 0.25) is 5.91 Å². The van der Waals surface area contributed by atoms with Crippen LogP contribution in [-0.2, 0) is 19.1 Å². The van der Waals surface area contributed by atoms with Crippen LogP contribution >= 0.6 is 0 Å². The highest BCUT2D eigenvalue weighted by Crippen LogP contribution is 2.19. The number of halogens is 3. The van der Waals surface area contributed by atoms with Crippen LogP contribution in [0, 0.1) is 0 Å². The van der Waals surface area contributed by atoms with Gasteiger partial charge in [-0.1, -0.05) is 0 Å². The first-order valence-electron chi connectivity index (χ1n) is 5.37. The Morgan fingerprint density at radius 3 is 2.61 bits per heavy atom. The van der Waals surface area contributed by atoms with Gasteiger partial charge in [0.15, 0.2) is 0 Å². The summed E-state index contributed by atoms with van der Waals surface area (Å²) in [7, 11) is 1.20. The molecule has 1 unspecified atom stereocenters. The fourth-order valence-corrected chi connectivity index (χ4v) is 1.78. The maximum Gasteiger partial charge on any atom is 0.411 e. The van der Waals surface area contributed by atoms with Crippen LogP contribution in [0.2, 0.25) is 0 Å². The average molecular weight is 269 g/mol. The number of hydrogen-bond donors (Lipinski definition) is 0. The van der Waals surface area contributed by atoms with Crippen LogP contribution in [0.3, 0.4) is 0 Å². The van der Waals surface area contributed by atoms with E-state index in [9.17, 15) is 22.8 Å². The van der Waals surface area contributed by atoms with Gasteiger partial charge < -0.3 is 14.4 Å². The summed E-state index contributed by atoms with van der Waals surface area (Å²) in [6.07, 6.45) is -3.39. The minimum absolute atomic E-state index is 0.327. The summed E-state index contributed by atoms with van der Waals surface area (Å²) in [6.45, 7) is -1.84. The van der Waals surface area contributed by atoms with Crippen molar-refractivity contribution in [3.05, 3.63) is 0 Å². The lowest BCUT2D eigenvalue weighted by molar-refractivity contribution is -0.178. The molecular formula is C10H14F3NO4. The molecule has 1 saturated heterocycles. The lowest BCUT2D eigenvalue weighted by Crippen LogP contribution is -2.43. The third-order valence-electron chi connectivity index (χ3n) is 2.54. The summed E-state index contributed by atoms with van der Waals surface area (Å²) in [5.41, 5.74) is 0. The molecule has 0 aliphatic carbocycles. The number of likely N-dealkylation sites (tertiary alicyclic amines) is 1. The monoisotopic (exact) mass is 269 g/mol. The lowest BCUT2D eigenvalue weighted by atomic mass is 10.2. The third-order valence-corrected chi connectivity index (χ3v) is 2.54. The number of carbonyl (C=O) groups is 2. The second kappa shape index (κ2) is 6.03. The van der Waals surface area contributed by atoms with E-state index < -0.39 is 37.3 Å². The molecular weight excluding hydrogens is 255 g/mol. The highest BCUT2D eigenvalue weighted by Gasteiger charge is 2.35. The number of alkyl halides is 3. The zero-order chi connectivity index (χ0) is 13.8. The van der Waals surface area contributed by atoms with Gasteiger partial charge in [-0.25, -0.2) is 4.79 Å². The molecule has 0 aromatic heterocycles. The Hall–Kier alpha value is -1.31. The van der Waals surface area contributed by atoms with Gasteiger partial charge in [-0.3, -0.25) is 4.79 Å². The Morgan fingerprint density at radius 2 is 2.06 bits per heavy atom. The molecule has 1 fully saturated rings. The molecule has 0 aromatic carbocycles. The van der Waals surface area contributed by atoms with Gasteiger partial charge in [-0.05, 0) is 12.8 Å². The topological polar surface area (TPSA) is 55.8 Å². The molecule has 1 heterocycles. The Bertz CT molecular complexity index is 319. The molecule has 1 atom stereocenters. The van der Waals surface area contributed by atoms with Crippen LogP contribution in [0.15, 0.2) is 0 Å². The van der Waals surface area contributed by atoms with Crippen molar-refractivity contribution >= 4 is 11.9 Å². The van der Waals surface area contributed by atoms with Crippen molar-refractivity contribution in [3.63, 3.8) is 0 Å². The molecule has 0 spiro atoms. The van der Waals surface area contributed by atoms with E-state index in [1.54, 1.807) is 0 Å². The first-order chi connectivity index (χ1) is 8.35. The van der Waals surface area contributed by atoms with Gasteiger partial charge in [-0.15, -0.1) is 0 Å². The summed E-state index contributed by atoms with van der Waals surface area (Å²) in [6, 6.07) is -0.711. The highest BCUT2D eigenvalue weighted by atomic mass is 19.4. The molecule has 0 radical (unpaired) electrons. The third kappa shape index (κ3) is 4.17. The van der Waals surface area contributed by atoms with Crippen LogP contribution in [0.1, 0.15) is 12.8 Å². The summed E-state index contributed by atoms with van der Waals surface area (Å²) in [5, 5.41) is 0. The SMILES string of the molecule is COC(=O)C1CCCN1C(=O)COCC(F)(F)F. The molecule has 0 bridgehead atoms. The van der Waals surface area contributed by atoms with Crippen LogP contribution in [0.4, 0.5) is 13.2 Å². The first kappa shape index (κ1) is 14.7. The van der Waals surface area contributed by atoms with Gasteiger partial charge >= 0.3 is 12.1 Å². The molecule has 1 aliphatic rings. The smallest absolute Gasteiger partial charge is 0.411 e. The van der Waals surface area contributed by atoms with Gasteiger partial charge in [0.1, 0.15) is 19.3 Å². The van der Waals surface area contributed by atoms with Gasteiger partial charge in [0.25, 0.3) is 0 Å². The Balaban J connectivity index is 2.43. The van der Waals surface area contributed by atoms with E-state index in [4.69, 9.17) is 0 Å². The van der Waals surface area contributed by atoms with E-state index in [0.29, 0.717) is 19.4 Å². The maximum absolute atomic E-state index is 11.8. The molecule has 0 saturated carbocycles. The summed E-state index contributed by atoms with van der Waals surface area (Å²) in [4.78, 5) is 24.1. The first-order valence-corrected chi connectivity index (χ1v) is 5.37. The predicted molar refractivity (Wildman–Crippen MR) is 53.6 cm³/mol. The number of methoxy groups -OCH3 is 1. The summed E-state index contributed by atoms with van der Waals surface area (Å²) in [5.74, 6) is -1.19. The van der Waals surface area contributed by atoms with E-state index >= 15 is 0 Å². The average Bonchev–Trinajstić information content (AvgIpc) is 2.75. The van der Waals surface area contributed by atoms with Gasteiger partial charge in [0, 0.05) is 6.54 Å². The number of carbonyl (C=O) groups excluding carboxylic acids is 2. The number of rotatable bonds is 4. The van der Waals surface area contributed by atoms with Crippen molar-refractivity contribution in [3.8, 4) is 0 Å². The fraction of sp³-hybridized carbons (Fsp3) is 0.800. The van der Waals surface area contributed by atoms with Crippen molar-refractivity contribution < 1.29 is 32.2 Å². The second-order valence-corrected chi connectivity index (χ2v) is 3.88. The Labute approximate surface area is 102 Å². The van der Waals surface area contributed by atoms with Crippen molar-refractivity contribution in [1.29, 1.82) is 0 Å². The molecule has 1 rings (SSSR count). The standard InChI is InChI=1S/C10H14F3NO4/c1-17-9(16)7-3-2-4-14(7)8(15)5-18-6-10(11,12)13/h7H,2-6H2,1H3. The molecule has 8 heteroatoms. The van der Waals surface area contributed by atoms with E-state index in [-0.39, 0.29) is 0 Å². The predicted octanol–water partition coefficient (Wildman–Crippen LogP) is 0.729. The minimum atomic E-state index is -4.47. The fourth-order valence-electron chi connectivity index (χ4n) is 1.78. The van der Waals surface area contributed by atoms with E-state index in [2.05, 4.69) is 9.47 Å². The Morgan fingerprint density at radius 1 is 1.39 bits per heavy atom. The highest BCUT2D eigenvalue weighted by molar-refractivity contribution is 5.85. The quantitative estimate of drug-likeness (QED) is 0.706. The van der Waals surface area contributed by atoms with E-state index in [0.717, 1.165) is 0 Å². The summed E-state index contributed by atoms with van der Waals surface area (Å²) >= 11 is 0. The van der Waals surface area contributed by atoms with E-state index in [1.165, 1.54) is 12.0 Å². The number of nitrogens with zero attached hydrogens (tertiary/aromatic N) is 1. The minimum Gasteiger partial charge on any atom is -0.467 e.